The van der Waals surface area contributed by atoms with Crippen molar-refractivity contribution in [1.82, 2.24) is 9.88 Å². The maximum Gasteiger partial charge on any atom is 0.267 e. The normalized spacial score (nSPS) is 11.4. The summed E-state index contributed by atoms with van der Waals surface area (Å²) in [5, 5.41) is 7.31. The van der Waals surface area contributed by atoms with Gasteiger partial charge >= 0.3 is 0 Å². The molecule has 1 aromatic heterocycles. The van der Waals surface area contributed by atoms with Gasteiger partial charge in [-0.05, 0) is 19.1 Å². The van der Waals surface area contributed by atoms with Crippen LogP contribution in [0.5, 0.6) is 0 Å². The summed E-state index contributed by atoms with van der Waals surface area (Å²) >= 11 is 0. The Kier molecular flexibility index (Phi) is 4.08. The molecule has 0 fully saturated rings. The van der Waals surface area contributed by atoms with E-state index >= 15 is 0 Å². The molecule has 0 aromatic carbocycles. The lowest BCUT2D eigenvalue weighted by Gasteiger charge is -2.06. The van der Waals surface area contributed by atoms with E-state index in [9.17, 15) is 13.2 Å². The van der Waals surface area contributed by atoms with Crippen LogP contribution in [0, 0.1) is 0 Å². The number of nitrogens with one attached hydrogen (secondary N) is 1. The molecule has 0 atom stereocenters. The summed E-state index contributed by atoms with van der Waals surface area (Å²) < 4.78 is 23.1. The number of aromatic nitrogens is 1. The first-order chi connectivity index (χ1) is 7.44. The van der Waals surface area contributed by atoms with Crippen molar-refractivity contribution in [2.24, 2.45) is 5.14 Å². The van der Waals surface area contributed by atoms with Crippen molar-refractivity contribution in [2.75, 3.05) is 12.3 Å². The number of primary sulfonamides is 1. The van der Waals surface area contributed by atoms with Gasteiger partial charge in [0.1, 0.15) is 5.69 Å². The van der Waals surface area contributed by atoms with Crippen molar-refractivity contribution in [3.8, 4) is 0 Å². The molecule has 90 valence electrons. The molecule has 0 aliphatic rings. The third-order valence-electron chi connectivity index (χ3n) is 2.07. The van der Waals surface area contributed by atoms with Gasteiger partial charge in [-0.15, -0.1) is 0 Å². The number of aryl methyl sites for hydroxylation is 1. The van der Waals surface area contributed by atoms with Crippen LogP contribution in [0.4, 0.5) is 0 Å². The highest BCUT2D eigenvalue weighted by molar-refractivity contribution is 7.89. The first-order valence-corrected chi connectivity index (χ1v) is 6.59. The fourth-order valence-corrected chi connectivity index (χ4v) is 1.68. The second kappa shape index (κ2) is 5.13. The summed E-state index contributed by atoms with van der Waals surface area (Å²) in [6, 6.07) is 3.44. The fraction of sp³-hybridized carbons (Fsp3) is 0.444. The second-order valence-corrected chi connectivity index (χ2v) is 5.04. The number of hydrogen-bond acceptors (Lipinski definition) is 3. The molecular weight excluding hydrogens is 230 g/mol. The maximum absolute atomic E-state index is 11.6. The monoisotopic (exact) mass is 245 g/mol. The first kappa shape index (κ1) is 12.7. The van der Waals surface area contributed by atoms with Gasteiger partial charge in [0.05, 0.1) is 5.75 Å². The van der Waals surface area contributed by atoms with E-state index < -0.39 is 10.0 Å². The standard InChI is InChI=1S/C9H15N3O3S/c1-2-12-6-3-4-8(12)9(13)11-5-7-16(10,14)15/h3-4,6H,2,5,7H2,1H3,(H,11,13)(H2,10,14,15). The summed E-state index contributed by atoms with van der Waals surface area (Å²) in [6.07, 6.45) is 1.79. The molecule has 16 heavy (non-hydrogen) atoms. The van der Waals surface area contributed by atoms with Crippen LogP contribution in [0.3, 0.4) is 0 Å². The Morgan fingerprint density at radius 1 is 1.56 bits per heavy atom. The minimum absolute atomic E-state index is 0.0204. The topological polar surface area (TPSA) is 94.2 Å². The fourth-order valence-electron chi connectivity index (χ4n) is 1.29. The Labute approximate surface area is 94.5 Å². The molecule has 1 aromatic rings. The van der Waals surface area contributed by atoms with Gasteiger partial charge in [-0.3, -0.25) is 4.79 Å². The van der Waals surface area contributed by atoms with Crippen LogP contribution in [0.1, 0.15) is 17.4 Å². The zero-order valence-corrected chi connectivity index (χ0v) is 9.83. The molecular formula is C9H15N3O3S. The van der Waals surface area contributed by atoms with Gasteiger partial charge in [0.15, 0.2) is 0 Å². The SMILES string of the molecule is CCn1cccc1C(=O)NCCS(N)(=O)=O. The van der Waals surface area contributed by atoms with Crippen LogP contribution in [-0.2, 0) is 16.6 Å². The van der Waals surface area contributed by atoms with Crippen LogP contribution in [0.15, 0.2) is 18.3 Å². The number of sulfonamides is 1. The lowest BCUT2D eigenvalue weighted by Crippen LogP contribution is -2.32. The summed E-state index contributed by atoms with van der Waals surface area (Å²) in [7, 11) is -3.53. The van der Waals surface area contributed by atoms with Crippen molar-refractivity contribution >= 4 is 15.9 Å². The Balaban J connectivity index is 2.54. The molecule has 1 heterocycles. The zero-order valence-electron chi connectivity index (χ0n) is 9.01. The zero-order chi connectivity index (χ0) is 12.2. The van der Waals surface area contributed by atoms with Crippen LogP contribution in [0.2, 0.25) is 0 Å². The van der Waals surface area contributed by atoms with E-state index in [0.717, 1.165) is 0 Å². The molecule has 0 aliphatic heterocycles. The van der Waals surface area contributed by atoms with E-state index in [1.54, 1.807) is 22.9 Å². The quantitative estimate of drug-likeness (QED) is 0.734. The second-order valence-electron chi connectivity index (χ2n) is 3.30. The van der Waals surface area contributed by atoms with Crippen molar-refractivity contribution in [1.29, 1.82) is 0 Å². The summed E-state index contributed by atoms with van der Waals surface area (Å²) in [6.45, 7) is 2.62. The number of rotatable bonds is 5. The minimum Gasteiger partial charge on any atom is -0.350 e. The number of nitrogens with two attached hydrogens (primary N) is 1. The molecule has 0 saturated heterocycles. The number of hydrogen-bond donors (Lipinski definition) is 2. The highest BCUT2D eigenvalue weighted by Crippen LogP contribution is 2.01. The molecule has 7 heteroatoms. The van der Waals surface area contributed by atoms with Crippen LogP contribution in [-0.4, -0.2) is 31.2 Å². The third-order valence-corrected chi connectivity index (χ3v) is 2.85. The van der Waals surface area contributed by atoms with Gasteiger partial charge in [-0.25, -0.2) is 13.6 Å². The van der Waals surface area contributed by atoms with Crippen molar-refractivity contribution < 1.29 is 13.2 Å². The highest BCUT2D eigenvalue weighted by Gasteiger charge is 2.10. The average molecular weight is 245 g/mol. The first-order valence-electron chi connectivity index (χ1n) is 4.88. The molecule has 0 bridgehead atoms. The van der Waals surface area contributed by atoms with Gasteiger partial charge in [-0.2, -0.15) is 0 Å². The number of carbonyl (C=O) groups is 1. The van der Waals surface area contributed by atoms with Gasteiger partial charge in [0.2, 0.25) is 10.0 Å². The smallest absolute Gasteiger partial charge is 0.267 e. The van der Waals surface area contributed by atoms with E-state index in [-0.39, 0.29) is 18.2 Å². The van der Waals surface area contributed by atoms with Gasteiger partial charge in [0.25, 0.3) is 5.91 Å². The van der Waals surface area contributed by atoms with Gasteiger partial charge < -0.3 is 9.88 Å². The van der Waals surface area contributed by atoms with E-state index in [0.29, 0.717) is 12.2 Å². The molecule has 0 aliphatic carbocycles. The Morgan fingerprint density at radius 3 is 2.81 bits per heavy atom. The van der Waals surface area contributed by atoms with Gasteiger partial charge in [-0.1, -0.05) is 0 Å². The van der Waals surface area contributed by atoms with Crippen LogP contribution < -0.4 is 10.5 Å². The van der Waals surface area contributed by atoms with E-state index in [1.807, 2.05) is 6.92 Å². The highest BCUT2D eigenvalue weighted by atomic mass is 32.2. The predicted octanol–water partition coefficient (Wildman–Crippen LogP) is -0.474. The molecule has 1 amide bonds. The molecule has 1 rings (SSSR count). The largest absolute Gasteiger partial charge is 0.350 e. The van der Waals surface area contributed by atoms with Crippen molar-refractivity contribution in [2.45, 2.75) is 13.5 Å². The Morgan fingerprint density at radius 2 is 2.25 bits per heavy atom. The van der Waals surface area contributed by atoms with Gasteiger partial charge in [0, 0.05) is 19.3 Å². The lowest BCUT2D eigenvalue weighted by atomic mass is 10.4. The molecule has 0 saturated carbocycles. The van der Waals surface area contributed by atoms with Crippen molar-refractivity contribution in [3.05, 3.63) is 24.0 Å². The Bertz CT molecular complexity index is 464. The number of nitrogens with zero attached hydrogens (tertiary/aromatic N) is 1. The van der Waals surface area contributed by atoms with Crippen LogP contribution in [0.25, 0.3) is 0 Å². The minimum atomic E-state index is -3.53. The average Bonchev–Trinajstić information content (AvgIpc) is 2.63. The summed E-state index contributed by atoms with van der Waals surface area (Å²) in [5.74, 6) is -0.554. The van der Waals surface area contributed by atoms with E-state index in [2.05, 4.69) is 5.32 Å². The third kappa shape index (κ3) is 3.67. The molecule has 3 N–H and O–H groups in total. The molecule has 0 unspecified atom stereocenters. The lowest BCUT2D eigenvalue weighted by molar-refractivity contribution is 0.0947. The number of carbonyl (C=O) groups excluding carboxylic acids is 1. The maximum atomic E-state index is 11.6. The van der Waals surface area contributed by atoms with E-state index in [4.69, 9.17) is 5.14 Å². The number of amides is 1. The van der Waals surface area contributed by atoms with Crippen LogP contribution >= 0.6 is 0 Å². The Hall–Kier alpha value is -1.34. The predicted molar refractivity (Wildman–Crippen MR) is 60.4 cm³/mol. The van der Waals surface area contributed by atoms with Crippen molar-refractivity contribution in [3.63, 3.8) is 0 Å². The molecule has 0 radical (unpaired) electrons. The molecule has 0 spiro atoms. The summed E-state index contributed by atoms with van der Waals surface area (Å²) in [4.78, 5) is 11.6. The summed E-state index contributed by atoms with van der Waals surface area (Å²) in [5.41, 5.74) is 0.511. The molecule has 6 nitrogen and oxygen atoms in total. The van der Waals surface area contributed by atoms with E-state index in [1.165, 1.54) is 0 Å².